The van der Waals surface area contributed by atoms with E-state index in [2.05, 4.69) is 16.9 Å². The van der Waals surface area contributed by atoms with Gasteiger partial charge in [-0.1, -0.05) is 30.0 Å². The van der Waals surface area contributed by atoms with Crippen LogP contribution < -0.4 is 5.69 Å². The second kappa shape index (κ2) is 6.03. The van der Waals surface area contributed by atoms with Gasteiger partial charge in [-0.3, -0.25) is 4.57 Å². The van der Waals surface area contributed by atoms with Gasteiger partial charge in [-0.2, -0.15) is 5.10 Å². The Kier molecular flexibility index (Phi) is 4.16. The summed E-state index contributed by atoms with van der Waals surface area (Å²) in [6.45, 7) is 0.443. The predicted octanol–water partition coefficient (Wildman–Crippen LogP) is 0.364. The quantitative estimate of drug-likeness (QED) is 0.808. The van der Waals surface area contributed by atoms with E-state index in [4.69, 9.17) is 5.11 Å². The van der Waals surface area contributed by atoms with Crippen LogP contribution in [-0.4, -0.2) is 26.1 Å². The number of hydrogen-bond donors (Lipinski definition) is 1. The van der Waals surface area contributed by atoms with E-state index in [1.807, 2.05) is 24.3 Å². The van der Waals surface area contributed by atoms with E-state index in [0.29, 0.717) is 13.0 Å². The fourth-order valence-electron chi connectivity index (χ4n) is 1.68. The molecule has 1 heterocycles. The number of hydrogen-bond acceptors (Lipinski definition) is 3. The SMILES string of the molecule is Cn1cnn(Cc2ccccc2C#CCCO)c1=O. The Morgan fingerprint density at radius 2 is 2.16 bits per heavy atom. The summed E-state index contributed by atoms with van der Waals surface area (Å²) in [5.74, 6) is 5.89. The van der Waals surface area contributed by atoms with Gasteiger partial charge in [0.15, 0.2) is 0 Å². The Morgan fingerprint density at radius 3 is 2.84 bits per heavy atom. The van der Waals surface area contributed by atoms with Gasteiger partial charge in [-0.05, 0) is 11.6 Å². The average molecular weight is 257 g/mol. The average Bonchev–Trinajstić information content (AvgIpc) is 2.73. The van der Waals surface area contributed by atoms with Crippen LogP contribution >= 0.6 is 0 Å². The molecule has 0 aliphatic heterocycles. The molecule has 0 amide bonds. The van der Waals surface area contributed by atoms with E-state index in [0.717, 1.165) is 11.1 Å². The van der Waals surface area contributed by atoms with E-state index in [-0.39, 0.29) is 12.3 Å². The largest absolute Gasteiger partial charge is 0.395 e. The van der Waals surface area contributed by atoms with E-state index >= 15 is 0 Å². The van der Waals surface area contributed by atoms with Crippen molar-refractivity contribution in [3.05, 3.63) is 52.2 Å². The fourth-order valence-corrected chi connectivity index (χ4v) is 1.68. The molecule has 5 nitrogen and oxygen atoms in total. The lowest BCUT2D eigenvalue weighted by Gasteiger charge is -2.03. The molecule has 0 fully saturated rings. The third-order valence-corrected chi connectivity index (χ3v) is 2.68. The van der Waals surface area contributed by atoms with Crippen LogP contribution in [0, 0.1) is 11.8 Å². The zero-order valence-electron chi connectivity index (χ0n) is 10.7. The van der Waals surface area contributed by atoms with Crippen LogP contribution in [0.5, 0.6) is 0 Å². The molecule has 0 atom stereocenters. The minimum Gasteiger partial charge on any atom is -0.395 e. The van der Waals surface area contributed by atoms with Crippen LogP contribution in [0.25, 0.3) is 0 Å². The number of benzene rings is 1. The molecule has 1 aromatic carbocycles. The van der Waals surface area contributed by atoms with E-state index in [1.165, 1.54) is 15.6 Å². The van der Waals surface area contributed by atoms with Gasteiger partial charge in [0.1, 0.15) is 6.33 Å². The van der Waals surface area contributed by atoms with Crippen molar-refractivity contribution >= 4 is 0 Å². The Morgan fingerprint density at radius 1 is 1.37 bits per heavy atom. The number of aliphatic hydroxyl groups is 1. The summed E-state index contributed by atoms with van der Waals surface area (Å²) in [6, 6.07) is 7.62. The number of aryl methyl sites for hydroxylation is 1. The minimum absolute atomic E-state index is 0.0505. The van der Waals surface area contributed by atoms with Crippen molar-refractivity contribution in [3.63, 3.8) is 0 Å². The first-order valence-corrected chi connectivity index (χ1v) is 5.98. The van der Waals surface area contributed by atoms with Crippen molar-refractivity contribution in [1.82, 2.24) is 14.3 Å². The highest BCUT2D eigenvalue weighted by Crippen LogP contribution is 2.08. The second-order valence-corrected chi connectivity index (χ2v) is 4.11. The Labute approximate surface area is 111 Å². The van der Waals surface area contributed by atoms with Crippen molar-refractivity contribution in [2.45, 2.75) is 13.0 Å². The molecule has 2 aromatic rings. The molecule has 0 saturated heterocycles. The maximum Gasteiger partial charge on any atom is 0.345 e. The van der Waals surface area contributed by atoms with Gasteiger partial charge in [0.05, 0.1) is 13.2 Å². The predicted molar refractivity (Wildman–Crippen MR) is 71.6 cm³/mol. The van der Waals surface area contributed by atoms with Crippen LogP contribution in [0.1, 0.15) is 17.5 Å². The first-order chi connectivity index (χ1) is 9.22. The number of rotatable bonds is 3. The molecule has 0 spiro atoms. The highest BCUT2D eigenvalue weighted by atomic mass is 16.2. The molecular formula is C14H15N3O2. The van der Waals surface area contributed by atoms with Gasteiger partial charge in [0.2, 0.25) is 0 Å². The van der Waals surface area contributed by atoms with Gasteiger partial charge in [0, 0.05) is 19.0 Å². The zero-order chi connectivity index (χ0) is 13.7. The Balaban J connectivity index is 2.28. The van der Waals surface area contributed by atoms with Crippen LogP contribution in [0.4, 0.5) is 0 Å². The molecule has 0 aliphatic rings. The standard InChI is InChI=1S/C14H15N3O2/c1-16-11-15-17(14(16)19)10-13-8-3-2-6-12(13)7-4-5-9-18/h2-3,6,8,11,18H,5,9-10H2,1H3. The molecule has 0 unspecified atom stereocenters. The third kappa shape index (κ3) is 3.12. The van der Waals surface area contributed by atoms with Gasteiger partial charge in [0.25, 0.3) is 0 Å². The molecule has 98 valence electrons. The van der Waals surface area contributed by atoms with Crippen LogP contribution in [-0.2, 0) is 13.6 Å². The molecule has 5 heteroatoms. The number of aliphatic hydroxyl groups excluding tert-OH is 1. The monoisotopic (exact) mass is 257 g/mol. The fraction of sp³-hybridized carbons (Fsp3) is 0.286. The van der Waals surface area contributed by atoms with Crippen molar-refractivity contribution in [1.29, 1.82) is 0 Å². The molecule has 19 heavy (non-hydrogen) atoms. The maximum atomic E-state index is 11.7. The summed E-state index contributed by atoms with van der Waals surface area (Å²) in [5.41, 5.74) is 1.64. The highest BCUT2D eigenvalue weighted by Gasteiger charge is 2.05. The van der Waals surface area contributed by atoms with Gasteiger partial charge < -0.3 is 5.11 Å². The van der Waals surface area contributed by atoms with Crippen LogP contribution in [0.15, 0.2) is 35.4 Å². The summed E-state index contributed by atoms with van der Waals surface area (Å²) < 4.78 is 2.83. The molecular weight excluding hydrogens is 242 g/mol. The third-order valence-electron chi connectivity index (χ3n) is 2.68. The van der Waals surface area contributed by atoms with Crippen molar-refractivity contribution in [2.24, 2.45) is 7.05 Å². The summed E-state index contributed by atoms with van der Waals surface area (Å²) in [7, 11) is 1.67. The summed E-state index contributed by atoms with van der Waals surface area (Å²) in [5, 5.41) is 12.8. The normalized spacial score (nSPS) is 10.0. The maximum absolute atomic E-state index is 11.7. The number of nitrogens with zero attached hydrogens (tertiary/aromatic N) is 3. The zero-order valence-corrected chi connectivity index (χ0v) is 10.7. The van der Waals surface area contributed by atoms with Crippen molar-refractivity contribution in [3.8, 4) is 11.8 Å². The molecule has 0 bridgehead atoms. The van der Waals surface area contributed by atoms with Crippen molar-refractivity contribution in [2.75, 3.05) is 6.61 Å². The topological polar surface area (TPSA) is 60.1 Å². The smallest absolute Gasteiger partial charge is 0.345 e. The molecule has 1 aromatic heterocycles. The summed E-state index contributed by atoms with van der Waals surface area (Å²) in [6.07, 6.45) is 1.93. The van der Waals surface area contributed by atoms with Crippen LogP contribution in [0.2, 0.25) is 0 Å². The van der Waals surface area contributed by atoms with E-state index in [1.54, 1.807) is 7.05 Å². The first kappa shape index (κ1) is 13.1. The first-order valence-electron chi connectivity index (χ1n) is 5.98. The van der Waals surface area contributed by atoms with E-state index in [9.17, 15) is 4.79 Å². The molecule has 1 N–H and O–H groups in total. The molecule has 0 saturated carbocycles. The minimum atomic E-state index is -0.155. The molecule has 0 aliphatic carbocycles. The second-order valence-electron chi connectivity index (χ2n) is 4.11. The number of aromatic nitrogens is 3. The summed E-state index contributed by atoms with van der Waals surface area (Å²) in [4.78, 5) is 11.7. The molecule has 0 radical (unpaired) electrons. The lowest BCUT2D eigenvalue weighted by Crippen LogP contribution is -2.23. The van der Waals surface area contributed by atoms with Gasteiger partial charge in [-0.25, -0.2) is 9.48 Å². The van der Waals surface area contributed by atoms with Crippen LogP contribution in [0.3, 0.4) is 0 Å². The van der Waals surface area contributed by atoms with E-state index < -0.39 is 0 Å². The van der Waals surface area contributed by atoms with Gasteiger partial charge in [-0.15, -0.1) is 0 Å². The van der Waals surface area contributed by atoms with Crippen molar-refractivity contribution < 1.29 is 5.11 Å². The van der Waals surface area contributed by atoms with Gasteiger partial charge >= 0.3 is 5.69 Å². The highest BCUT2D eigenvalue weighted by molar-refractivity contribution is 5.41. The lowest BCUT2D eigenvalue weighted by atomic mass is 10.1. The summed E-state index contributed by atoms with van der Waals surface area (Å²) >= 11 is 0. The lowest BCUT2D eigenvalue weighted by molar-refractivity contribution is 0.305. The Bertz CT molecular complexity index is 674. The Hall–Kier alpha value is -2.32. The molecule has 2 rings (SSSR count).